The van der Waals surface area contributed by atoms with Crippen LogP contribution in [0.5, 0.6) is 0 Å². The molecule has 1 heterocycles. The van der Waals surface area contributed by atoms with Crippen LogP contribution in [-0.4, -0.2) is 39.0 Å². The molecular formula is C26H31N5O2. The molecule has 4 N–H and O–H groups in total. The summed E-state index contributed by atoms with van der Waals surface area (Å²) in [5, 5.41) is 8.32. The number of Topliss-reactive ketones (excluding diaryl/α,β-unsaturated/α-hetero) is 1. The highest BCUT2D eigenvalue weighted by atomic mass is 16.5. The zero-order valence-electron chi connectivity index (χ0n) is 18.8. The van der Waals surface area contributed by atoms with E-state index in [1.807, 2.05) is 0 Å². The quantitative estimate of drug-likeness (QED) is 0.564. The molecule has 0 unspecified atom stereocenters. The van der Waals surface area contributed by atoms with Gasteiger partial charge in [0.05, 0.1) is 18.9 Å². The number of nitrogens with two attached hydrogens (primary N) is 2. The summed E-state index contributed by atoms with van der Waals surface area (Å²) in [4.78, 5) is 13.3. The van der Waals surface area contributed by atoms with Crippen molar-refractivity contribution in [1.82, 2.24) is 15.0 Å². The summed E-state index contributed by atoms with van der Waals surface area (Å²) >= 11 is 0. The highest BCUT2D eigenvalue weighted by Gasteiger charge is 2.30. The van der Waals surface area contributed by atoms with Gasteiger partial charge < -0.3 is 16.2 Å². The Morgan fingerprint density at radius 1 is 0.970 bits per heavy atom. The third-order valence-electron chi connectivity index (χ3n) is 6.81. The van der Waals surface area contributed by atoms with Crippen LogP contribution < -0.4 is 11.5 Å². The van der Waals surface area contributed by atoms with E-state index in [9.17, 15) is 4.79 Å². The smallest absolute Gasteiger partial charge is 0.184 e. The number of carbonyl (C=O) groups excluding carboxylic acids is 1. The third-order valence-corrected chi connectivity index (χ3v) is 6.81. The molecule has 8 rings (SSSR count). The Kier molecular flexibility index (Phi) is 6.35. The highest BCUT2D eigenvalue weighted by Crippen LogP contribution is 2.22. The fourth-order valence-electron chi connectivity index (χ4n) is 4.87. The van der Waals surface area contributed by atoms with Crippen LogP contribution in [0.25, 0.3) is 0 Å². The van der Waals surface area contributed by atoms with Crippen LogP contribution in [0.2, 0.25) is 0 Å². The van der Waals surface area contributed by atoms with E-state index in [4.69, 9.17) is 16.2 Å². The molecule has 5 aliphatic rings. The lowest BCUT2D eigenvalue weighted by Crippen LogP contribution is -2.31. The van der Waals surface area contributed by atoms with Crippen molar-refractivity contribution < 1.29 is 9.53 Å². The number of rotatable bonds is 6. The minimum Gasteiger partial charge on any atom is -0.370 e. The van der Waals surface area contributed by atoms with Crippen molar-refractivity contribution in [2.24, 2.45) is 11.5 Å². The van der Waals surface area contributed by atoms with E-state index in [-0.39, 0.29) is 30.5 Å². The van der Waals surface area contributed by atoms with Gasteiger partial charge in [0.25, 0.3) is 0 Å². The maximum absolute atomic E-state index is 13.3. The standard InChI is InChI=1S/C26H31N5O2/c27-21-12-24(28)26(13-21)33-16-22-14-31(30-29-22)15-25(32)23-11-19-6-5-17-1-3-18(4-2-17)7-9-20(23)10-8-19/h1-4,8,10-11,14,21,24,26H,5-7,9,12-13,15-16,27-28H2/t21-,24+,26+/m1/s1. The maximum Gasteiger partial charge on any atom is 0.184 e. The number of nitrogens with zero attached hydrogens (tertiary/aromatic N) is 3. The molecule has 1 fully saturated rings. The molecule has 1 saturated carbocycles. The predicted octanol–water partition coefficient (Wildman–Crippen LogP) is 2.38. The van der Waals surface area contributed by atoms with Crippen molar-refractivity contribution in [3.8, 4) is 0 Å². The van der Waals surface area contributed by atoms with Gasteiger partial charge >= 0.3 is 0 Å². The van der Waals surface area contributed by atoms with Crippen molar-refractivity contribution in [2.75, 3.05) is 0 Å². The second-order valence-electron chi connectivity index (χ2n) is 9.38. The number of hydrogen-bond acceptors (Lipinski definition) is 6. The first kappa shape index (κ1) is 21.9. The van der Waals surface area contributed by atoms with Gasteiger partial charge in [-0.15, -0.1) is 5.10 Å². The summed E-state index contributed by atoms with van der Waals surface area (Å²) < 4.78 is 7.50. The van der Waals surface area contributed by atoms with Gasteiger partial charge in [-0.1, -0.05) is 41.6 Å². The number of aryl methyl sites for hydroxylation is 4. The van der Waals surface area contributed by atoms with E-state index in [1.54, 1.807) is 10.9 Å². The fraction of sp³-hybridized carbons (Fsp3) is 0.423. The topological polar surface area (TPSA) is 109 Å². The van der Waals surface area contributed by atoms with Crippen LogP contribution in [0.4, 0.5) is 0 Å². The third kappa shape index (κ3) is 5.21. The van der Waals surface area contributed by atoms with Crippen LogP contribution in [0.3, 0.4) is 0 Å². The first-order valence-corrected chi connectivity index (χ1v) is 11.8. The summed E-state index contributed by atoms with van der Waals surface area (Å²) in [5.74, 6) is 0.0546. The average Bonchev–Trinajstić information content (AvgIpc) is 3.38. The molecule has 1 aromatic heterocycles. The van der Waals surface area contributed by atoms with Crippen molar-refractivity contribution in [2.45, 2.75) is 69.9 Å². The Bertz CT molecular complexity index is 1120. The van der Waals surface area contributed by atoms with E-state index < -0.39 is 0 Å². The Labute approximate surface area is 194 Å². The molecule has 2 aromatic carbocycles. The average molecular weight is 446 g/mol. The summed E-state index contributed by atoms with van der Waals surface area (Å²) in [5.41, 5.74) is 18.4. The van der Waals surface area contributed by atoms with Gasteiger partial charge in [0.15, 0.2) is 5.78 Å². The molecule has 33 heavy (non-hydrogen) atoms. The molecule has 0 aliphatic heterocycles. The van der Waals surface area contributed by atoms with Crippen LogP contribution in [0.15, 0.2) is 48.7 Å². The van der Waals surface area contributed by atoms with E-state index in [1.165, 1.54) is 16.7 Å². The Morgan fingerprint density at radius 3 is 2.39 bits per heavy atom. The van der Waals surface area contributed by atoms with E-state index in [2.05, 4.69) is 52.8 Å². The van der Waals surface area contributed by atoms with Gasteiger partial charge in [0.1, 0.15) is 12.2 Å². The first-order chi connectivity index (χ1) is 16.0. The minimum atomic E-state index is -0.0556. The minimum absolute atomic E-state index is 0.0413. The van der Waals surface area contributed by atoms with Crippen molar-refractivity contribution in [1.29, 1.82) is 0 Å². The molecule has 0 radical (unpaired) electrons. The molecule has 7 nitrogen and oxygen atoms in total. The van der Waals surface area contributed by atoms with Gasteiger partial charge in [0.2, 0.25) is 0 Å². The van der Waals surface area contributed by atoms with Crippen LogP contribution in [0.1, 0.15) is 51.1 Å². The van der Waals surface area contributed by atoms with Gasteiger partial charge in [-0.2, -0.15) is 0 Å². The zero-order valence-corrected chi connectivity index (χ0v) is 18.8. The van der Waals surface area contributed by atoms with Crippen LogP contribution in [-0.2, 0) is 43.6 Å². The first-order valence-electron chi connectivity index (χ1n) is 11.8. The Morgan fingerprint density at radius 2 is 1.67 bits per heavy atom. The number of hydrogen-bond donors (Lipinski definition) is 2. The Balaban J connectivity index is 1.26. The summed E-state index contributed by atoms with van der Waals surface area (Å²) in [7, 11) is 0. The second-order valence-corrected chi connectivity index (χ2v) is 9.38. The lowest BCUT2D eigenvalue weighted by atomic mass is 9.92. The lowest BCUT2D eigenvalue weighted by Gasteiger charge is -2.14. The van der Waals surface area contributed by atoms with Gasteiger partial charge in [0, 0.05) is 17.6 Å². The molecule has 7 heteroatoms. The van der Waals surface area contributed by atoms with E-state index in [0.29, 0.717) is 12.3 Å². The molecule has 0 spiro atoms. The molecule has 4 bridgehead atoms. The van der Waals surface area contributed by atoms with Crippen molar-refractivity contribution in [3.05, 3.63) is 82.2 Å². The SMILES string of the molecule is N[C@H]1C[C@H](OCc2cn(CC(=O)c3cc4ccc3CCc3ccc(cc3)CC4)nn2)[C@@H](N)C1. The number of carbonyl (C=O) groups is 1. The molecule has 0 amide bonds. The normalized spacial score (nSPS) is 22.3. The number of benzene rings is 2. The highest BCUT2D eigenvalue weighted by molar-refractivity contribution is 5.97. The molecule has 3 atom stereocenters. The number of ether oxygens (including phenoxy) is 1. The number of ketones is 1. The molecule has 172 valence electrons. The monoisotopic (exact) mass is 445 g/mol. The van der Waals surface area contributed by atoms with Crippen LogP contribution >= 0.6 is 0 Å². The predicted molar refractivity (Wildman–Crippen MR) is 126 cm³/mol. The van der Waals surface area contributed by atoms with Gasteiger partial charge in [-0.05, 0) is 66.8 Å². The summed E-state index contributed by atoms with van der Waals surface area (Å²) in [6.45, 7) is 0.476. The van der Waals surface area contributed by atoms with Crippen molar-refractivity contribution >= 4 is 5.78 Å². The summed E-state index contributed by atoms with van der Waals surface area (Å²) in [6, 6.07) is 15.2. The molecule has 0 saturated heterocycles. The zero-order chi connectivity index (χ0) is 22.8. The molecular weight excluding hydrogens is 414 g/mol. The maximum atomic E-state index is 13.3. The van der Waals surface area contributed by atoms with Gasteiger partial charge in [-0.25, -0.2) is 4.68 Å². The second kappa shape index (κ2) is 9.55. The van der Waals surface area contributed by atoms with Crippen LogP contribution in [0, 0.1) is 0 Å². The Hall–Kier alpha value is -2.87. The van der Waals surface area contributed by atoms with E-state index in [0.717, 1.165) is 49.7 Å². The lowest BCUT2D eigenvalue weighted by molar-refractivity contribution is 0.0332. The van der Waals surface area contributed by atoms with E-state index >= 15 is 0 Å². The number of aromatic nitrogens is 3. The molecule has 5 aliphatic carbocycles. The molecule has 3 aromatic rings. The fourth-order valence-corrected chi connectivity index (χ4v) is 4.87. The largest absolute Gasteiger partial charge is 0.370 e. The van der Waals surface area contributed by atoms with Gasteiger partial charge in [-0.3, -0.25) is 4.79 Å². The summed E-state index contributed by atoms with van der Waals surface area (Å²) in [6.07, 6.45) is 6.89. The van der Waals surface area contributed by atoms with Crippen molar-refractivity contribution in [3.63, 3.8) is 0 Å².